The van der Waals surface area contributed by atoms with Gasteiger partial charge in [-0.05, 0) is 59.3 Å². The van der Waals surface area contributed by atoms with Gasteiger partial charge in [0.1, 0.15) is 0 Å². The zero-order valence-electron chi connectivity index (χ0n) is 9.06. The molecule has 0 bridgehead atoms. The molecule has 0 aliphatic heterocycles. The highest BCUT2D eigenvalue weighted by Crippen LogP contribution is 2.29. The molecular formula is C11H18BrNS. The Kier molecular flexibility index (Phi) is 4.16. The Bertz CT molecular complexity index is 304. The van der Waals surface area contributed by atoms with Gasteiger partial charge in [-0.2, -0.15) is 0 Å². The predicted molar refractivity (Wildman–Crippen MR) is 67.9 cm³/mol. The van der Waals surface area contributed by atoms with E-state index in [4.69, 9.17) is 5.73 Å². The largest absolute Gasteiger partial charge is 0.330 e. The minimum absolute atomic E-state index is 0.265. The van der Waals surface area contributed by atoms with E-state index < -0.39 is 0 Å². The number of halogens is 1. The minimum atomic E-state index is 0.265. The molecule has 14 heavy (non-hydrogen) atoms. The number of hydrogen-bond donors (Lipinski definition) is 1. The molecular weight excluding hydrogens is 258 g/mol. The van der Waals surface area contributed by atoms with Crippen LogP contribution in [0.1, 0.15) is 30.7 Å². The third-order valence-electron chi connectivity index (χ3n) is 2.61. The third kappa shape index (κ3) is 3.37. The Labute approximate surface area is 98.8 Å². The van der Waals surface area contributed by atoms with Crippen molar-refractivity contribution in [2.24, 2.45) is 11.1 Å². The van der Waals surface area contributed by atoms with Crippen molar-refractivity contribution >= 4 is 27.3 Å². The summed E-state index contributed by atoms with van der Waals surface area (Å²) in [6, 6.07) is 2.23. The van der Waals surface area contributed by atoms with Crippen molar-refractivity contribution in [3.63, 3.8) is 0 Å². The Morgan fingerprint density at radius 3 is 2.57 bits per heavy atom. The molecule has 1 heterocycles. The van der Waals surface area contributed by atoms with E-state index in [2.05, 4.69) is 42.8 Å². The van der Waals surface area contributed by atoms with E-state index in [0.29, 0.717) is 0 Å². The molecule has 0 saturated heterocycles. The number of rotatable bonds is 4. The van der Waals surface area contributed by atoms with E-state index in [1.165, 1.54) is 14.2 Å². The van der Waals surface area contributed by atoms with Crippen molar-refractivity contribution in [3.05, 3.63) is 20.3 Å². The zero-order chi connectivity index (χ0) is 10.8. The second-order valence-corrected chi connectivity index (χ2v) is 7.14. The Hall–Kier alpha value is 0.140. The van der Waals surface area contributed by atoms with Crippen LogP contribution in [0.15, 0.2) is 9.85 Å². The van der Waals surface area contributed by atoms with Gasteiger partial charge in [0.05, 0.1) is 3.79 Å². The number of aryl methyl sites for hydroxylation is 2. The molecule has 0 aliphatic carbocycles. The molecule has 0 saturated carbocycles. The van der Waals surface area contributed by atoms with Gasteiger partial charge in [-0.1, -0.05) is 13.8 Å². The van der Waals surface area contributed by atoms with Crippen LogP contribution in [0.3, 0.4) is 0 Å². The first kappa shape index (κ1) is 12.2. The van der Waals surface area contributed by atoms with Crippen LogP contribution in [0.5, 0.6) is 0 Å². The molecule has 3 heteroatoms. The smallest absolute Gasteiger partial charge is 0.0704 e. The highest BCUT2D eigenvalue weighted by molar-refractivity contribution is 9.11. The predicted octanol–water partition coefficient (Wildman–Crippen LogP) is 3.74. The second-order valence-electron chi connectivity index (χ2n) is 4.50. The van der Waals surface area contributed by atoms with E-state index in [0.717, 1.165) is 19.4 Å². The van der Waals surface area contributed by atoms with Crippen LogP contribution < -0.4 is 5.73 Å². The lowest BCUT2D eigenvalue weighted by Crippen LogP contribution is -2.24. The topological polar surface area (TPSA) is 26.0 Å². The molecule has 1 rings (SSSR count). The van der Waals surface area contributed by atoms with Gasteiger partial charge in [-0.3, -0.25) is 0 Å². The fraction of sp³-hybridized carbons (Fsp3) is 0.636. The Morgan fingerprint density at radius 2 is 2.14 bits per heavy atom. The molecule has 0 unspecified atom stereocenters. The van der Waals surface area contributed by atoms with E-state index in [1.54, 1.807) is 0 Å². The van der Waals surface area contributed by atoms with Crippen LogP contribution in [-0.4, -0.2) is 6.54 Å². The van der Waals surface area contributed by atoms with Gasteiger partial charge in [0.15, 0.2) is 0 Å². The first-order valence-corrected chi connectivity index (χ1v) is 6.50. The summed E-state index contributed by atoms with van der Waals surface area (Å²) in [4.78, 5) is 1.42. The fourth-order valence-electron chi connectivity index (χ4n) is 1.30. The van der Waals surface area contributed by atoms with Crippen molar-refractivity contribution in [2.45, 2.75) is 33.6 Å². The first-order valence-electron chi connectivity index (χ1n) is 4.89. The van der Waals surface area contributed by atoms with Crippen molar-refractivity contribution in [1.29, 1.82) is 0 Å². The van der Waals surface area contributed by atoms with Crippen LogP contribution in [-0.2, 0) is 6.42 Å². The van der Waals surface area contributed by atoms with Crippen LogP contribution in [0.4, 0.5) is 0 Å². The summed E-state index contributed by atoms with van der Waals surface area (Å²) in [6.07, 6.45) is 2.30. The second kappa shape index (κ2) is 4.77. The molecule has 0 aromatic carbocycles. The molecule has 1 nitrogen and oxygen atoms in total. The first-order chi connectivity index (χ1) is 6.44. The third-order valence-corrected chi connectivity index (χ3v) is 4.21. The van der Waals surface area contributed by atoms with Gasteiger partial charge in [0, 0.05) is 4.88 Å². The normalized spacial score (nSPS) is 12.1. The number of nitrogens with two attached hydrogens (primary N) is 1. The van der Waals surface area contributed by atoms with Gasteiger partial charge in [-0.15, -0.1) is 11.3 Å². The monoisotopic (exact) mass is 275 g/mol. The van der Waals surface area contributed by atoms with Gasteiger partial charge in [0.25, 0.3) is 0 Å². The number of thiophene rings is 1. The van der Waals surface area contributed by atoms with Gasteiger partial charge in [0.2, 0.25) is 0 Å². The van der Waals surface area contributed by atoms with E-state index in [1.807, 2.05) is 11.3 Å². The molecule has 2 N–H and O–H groups in total. The minimum Gasteiger partial charge on any atom is -0.330 e. The average Bonchev–Trinajstić information content (AvgIpc) is 2.42. The van der Waals surface area contributed by atoms with E-state index in [9.17, 15) is 0 Å². The summed E-state index contributed by atoms with van der Waals surface area (Å²) in [5, 5.41) is 0. The number of hydrogen-bond acceptors (Lipinski definition) is 2. The van der Waals surface area contributed by atoms with Crippen molar-refractivity contribution in [3.8, 4) is 0 Å². The maximum absolute atomic E-state index is 5.71. The van der Waals surface area contributed by atoms with Crippen LogP contribution in [0.2, 0.25) is 0 Å². The highest BCUT2D eigenvalue weighted by Gasteiger charge is 2.16. The maximum atomic E-state index is 5.71. The van der Waals surface area contributed by atoms with E-state index in [-0.39, 0.29) is 5.41 Å². The molecule has 0 radical (unpaired) electrons. The fourth-order valence-corrected chi connectivity index (χ4v) is 3.09. The summed E-state index contributed by atoms with van der Waals surface area (Å²) in [7, 11) is 0. The molecule has 0 atom stereocenters. The van der Waals surface area contributed by atoms with Crippen molar-refractivity contribution in [1.82, 2.24) is 0 Å². The molecule has 1 aromatic heterocycles. The molecule has 0 spiro atoms. The molecule has 1 aromatic rings. The average molecular weight is 276 g/mol. The quantitative estimate of drug-likeness (QED) is 0.890. The SMILES string of the molecule is Cc1sc(Br)cc1CCC(C)(C)CN. The lowest BCUT2D eigenvalue weighted by molar-refractivity contribution is 0.348. The molecule has 0 aliphatic rings. The van der Waals surface area contributed by atoms with Crippen LogP contribution in [0.25, 0.3) is 0 Å². The van der Waals surface area contributed by atoms with Gasteiger partial charge >= 0.3 is 0 Å². The summed E-state index contributed by atoms with van der Waals surface area (Å²) in [5.41, 5.74) is 7.43. The van der Waals surface area contributed by atoms with Crippen molar-refractivity contribution < 1.29 is 0 Å². The van der Waals surface area contributed by atoms with Crippen molar-refractivity contribution in [2.75, 3.05) is 6.54 Å². The van der Waals surface area contributed by atoms with E-state index >= 15 is 0 Å². The van der Waals surface area contributed by atoms with Crippen LogP contribution in [0, 0.1) is 12.3 Å². The molecule has 80 valence electrons. The zero-order valence-corrected chi connectivity index (χ0v) is 11.5. The standard InChI is InChI=1S/C11H18BrNS/c1-8-9(6-10(12)14-8)4-5-11(2,3)7-13/h6H,4-5,7,13H2,1-3H3. The maximum Gasteiger partial charge on any atom is 0.0704 e. The van der Waals surface area contributed by atoms with Crippen LogP contribution >= 0.6 is 27.3 Å². The lowest BCUT2D eigenvalue weighted by atomic mass is 9.86. The lowest BCUT2D eigenvalue weighted by Gasteiger charge is -2.21. The summed E-state index contributed by atoms with van der Waals surface area (Å²) >= 11 is 5.33. The van der Waals surface area contributed by atoms with Gasteiger partial charge in [-0.25, -0.2) is 0 Å². The highest BCUT2D eigenvalue weighted by atomic mass is 79.9. The summed E-state index contributed by atoms with van der Waals surface area (Å²) in [5.74, 6) is 0. The van der Waals surface area contributed by atoms with Gasteiger partial charge < -0.3 is 5.73 Å². The Morgan fingerprint density at radius 1 is 1.50 bits per heavy atom. The Balaban J connectivity index is 2.58. The summed E-state index contributed by atoms with van der Waals surface area (Å²) in [6.45, 7) is 7.39. The summed E-state index contributed by atoms with van der Waals surface area (Å²) < 4.78 is 1.23. The molecule has 0 amide bonds. The molecule has 0 fully saturated rings.